The molecule has 0 unspecified atom stereocenters. The maximum atomic E-state index is 4.51. The first-order valence-corrected chi connectivity index (χ1v) is 6.09. The van der Waals surface area contributed by atoms with Gasteiger partial charge >= 0.3 is 0 Å². The first-order valence-electron chi connectivity index (χ1n) is 6.09. The van der Waals surface area contributed by atoms with Crippen LogP contribution in [-0.2, 0) is 6.42 Å². The minimum absolute atomic E-state index is 0.944. The van der Waals surface area contributed by atoms with Gasteiger partial charge in [-0.15, -0.1) is 0 Å². The molecular weight excluding hydrogens is 212 g/mol. The van der Waals surface area contributed by atoms with Crippen molar-refractivity contribution in [3.63, 3.8) is 0 Å². The Labute approximate surface area is 102 Å². The van der Waals surface area contributed by atoms with E-state index in [-0.39, 0.29) is 0 Å². The number of H-pyrrole nitrogens is 1. The molecule has 2 rings (SSSR count). The van der Waals surface area contributed by atoms with Crippen molar-refractivity contribution in [1.82, 2.24) is 15.3 Å². The van der Waals surface area contributed by atoms with E-state index in [0.717, 1.165) is 36.4 Å². The summed E-state index contributed by atoms with van der Waals surface area (Å²) in [7, 11) is 4.08. The average molecular weight is 232 g/mol. The number of likely N-dealkylation sites (N-methyl/N-ethyl adjacent to an activating group) is 2. The summed E-state index contributed by atoms with van der Waals surface area (Å²) in [5.74, 6) is 1.05. The Morgan fingerprint density at radius 3 is 2.94 bits per heavy atom. The summed E-state index contributed by atoms with van der Waals surface area (Å²) in [6.45, 7) is 4.09. The molecule has 0 aliphatic heterocycles. The predicted octanol–water partition coefficient (Wildman–Crippen LogP) is 1.78. The highest BCUT2D eigenvalue weighted by molar-refractivity contribution is 5.79. The lowest BCUT2D eigenvalue weighted by atomic mass is 10.2. The Balaban J connectivity index is 2.24. The fourth-order valence-electron chi connectivity index (χ4n) is 1.86. The molecular formula is C13H20N4. The fraction of sp³-hybridized carbons (Fsp3) is 0.462. The molecule has 2 aromatic rings. The molecule has 0 spiro atoms. The van der Waals surface area contributed by atoms with Crippen LogP contribution < -0.4 is 10.2 Å². The number of nitrogens with zero attached hydrogens (tertiary/aromatic N) is 2. The number of aromatic amines is 1. The molecule has 4 heteroatoms. The quantitative estimate of drug-likeness (QED) is 0.826. The fourth-order valence-corrected chi connectivity index (χ4v) is 1.86. The Morgan fingerprint density at radius 1 is 1.41 bits per heavy atom. The molecule has 0 aliphatic carbocycles. The molecule has 1 aromatic heterocycles. The van der Waals surface area contributed by atoms with E-state index in [2.05, 4.69) is 52.4 Å². The van der Waals surface area contributed by atoms with Gasteiger partial charge in [0.2, 0.25) is 0 Å². The van der Waals surface area contributed by atoms with Crippen molar-refractivity contribution in [1.29, 1.82) is 0 Å². The van der Waals surface area contributed by atoms with Crippen LogP contribution in [0.4, 0.5) is 5.69 Å². The minimum Gasteiger partial charge on any atom is -0.373 e. The molecule has 0 saturated heterocycles. The number of fused-ring (bicyclic) bond motifs is 1. The monoisotopic (exact) mass is 232 g/mol. The number of rotatable bonds is 5. The topological polar surface area (TPSA) is 44.0 Å². The van der Waals surface area contributed by atoms with Gasteiger partial charge < -0.3 is 15.2 Å². The third kappa shape index (κ3) is 2.58. The van der Waals surface area contributed by atoms with Crippen molar-refractivity contribution >= 4 is 16.7 Å². The molecule has 4 nitrogen and oxygen atoms in total. The van der Waals surface area contributed by atoms with Crippen LogP contribution in [0.2, 0.25) is 0 Å². The number of aromatic nitrogens is 2. The Hall–Kier alpha value is -1.55. The summed E-state index contributed by atoms with van der Waals surface area (Å²) in [5.41, 5.74) is 3.39. The standard InChI is InChI=1S/C13H20N4/c1-4-13-15-11-6-5-10(9-12(11)16-13)17(3)8-7-14-2/h5-6,9,14H,4,7-8H2,1-3H3,(H,15,16). The molecule has 0 saturated carbocycles. The largest absolute Gasteiger partial charge is 0.373 e. The highest BCUT2D eigenvalue weighted by atomic mass is 15.1. The van der Waals surface area contributed by atoms with E-state index >= 15 is 0 Å². The Bertz CT molecular complexity index is 489. The number of hydrogen-bond acceptors (Lipinski definition) is 3. The highest BCUT2D eigenvalue weighted by Gasteiger charge is 2.05. The lowest BCUT2D eigenvalue weighted by molar-refractivity contribution is 0.768. The molecule has 2 N–H and O–H groups in total. The number of hydrogen-bond donors (Lipinski definition) is 2. The van der Waals surface area contributed by atoms with Crippen LogP contribution in [0.25, 0.3) is 11.0 Å². The van der Waals surface area contributed by atoms with Gasteiger partial charge in [0.15, 0.2) is 0 Å². The lowest BCUT2D eigenvalue weighted by Crippen LogP contribution is -2.26. The van der Waals surface area contributed by atoms with Crippen molar-refractivity contribution in [2.45, 2.75) is 13.3 Å². The third-order valence-corrected chi connectivity index (χ3v) is 2.99. The number of anilines is 1. The van der Waals surface area contributed by atoms with Crippen LogP contribution in [0.15, 0.2) is 18.2 Å². The second-order valence-corrected chi connectivity index (χ2v) is 4.26. The van der Waals surface area contributed by atoms with E-state index in [1.807, 2.05) is 7.05 Å². The van der Waals surface area contributed by atoms with Gasteiger partial charge in [-0.3, -0.25) is 0 Å². The molecule has 0 atom stereocenters. The molecule has 17 heavy (non-hydrogen) atoms. The normalized spacial score (nSPS) is 11.0. The SMILES string of the molecule is CCc1nc2ccc(N(C)CCNC)cc2[nH]1. The number of aryl methyl sites for hydroxylation is 1. The van der Waals surface area contributed by atoms with Crippen molar-refractivity contribution in [3.8, 4) is 0 Å². The van der Waals surface area contributed by atoms with Gasteiger partial charge in [0.05, 0.1) is 11.0 Å². The van der Waals surface area contributed by atoms with Crippen molar-refractivity contribution in [2.75, 3.05) is 32.1 Å². The zero-order valence-corrected chi connectivity index (χ0v) is 10.7. The summed E-state index contributed by atoms with van der Waals surface area (Å²) >= 11 is 0. The van der Waals surface area contributed by atoms with Gasteiger partial charge in [0.1, 0.15) is 5.82 Å². The molecule has 0 fully saturated rings. The highest BCUT2D eigenvalue weighted by Crippen LogP contribution is 2.19. The van der Waals surface area contributed by atoms with Gasteiger partial charge in [0.25, 0.3) is 0 Å². The summed E-state index contributed by atoms with van der Waals surface area (Å²) < 4.78 is 0. The second-order valence-electron chi connectivity index (χ2n) is 4.26. The maximum absolute atomic E-state index is 4.51. The van der Waals surface area contributed by atoms with E-state index in [9.17, 15) is 0 Å². The molecule has 1 heterocycles. The first-order chi connectivity index (χ1) is 8.24. The molecule has 1 aromatic carbocycles. The van der Waals surface area contributed by atoms with Gasteiger partial charge in [-0.2, -0.15) is 0 Å². The second kappa shape index (κ2) is 5.19. The molecule has 0 aliphatic rings. The van der Waals surface area contributed by atoms with E-state index < -0.39 is 0 Å². The van der Waals surface area contributed by atoms with Crippen LogP contribution in [0, 0.1) is 0 Å². The van der Waals surface area contributed by atoms with Gasteiger partial charge in [-0.25, -0.2) is 4.98 Å². The zero-order chi connectivity index (χ0) is 12.3. The van der Waals surface area contributed by atoms with Crippen molar-refractivity contribution in [2.24, 2.45) is 0 Å². The van der Waals surface area contributed by atoms with Crippen LogP contribution >= 0.6 is 0 Å². The van der Waals surface area contributed by atoms with Gasteiger partial charge in [-0.05, 0) is 25.2 Å². The summed E-state index contributed by atoms with van der Waals surface area (Å²) in [5, 5.41) is 3.16. The van der Waals surface area contributed by atoms with E-state index in [1.54, 1.807) is 0 Å². The molecule has 0 bridgehead atoms. The smallest absolute Gasteiger partial charge is 0.106 e. The first kappa shape index (κ1) is 11.9. The van der Waals surface area contributed by atoms with Crippen LogP contribution in [-0.4, -0.2) is 37.2 Å². The van der Waals surface area contributed by atoms with Crippen LogP contribution in [0.3, 0.4) is 0 Å². The summed E-state index contributed by atoms with van der Waals surface area (Å²) in [6, 6.07) is 6.37. The average Bonchev–Trinajstić information content (AvgIpc) is 2.77. The lowest BCUT2D eigenvalue weighted by Gasteiger charge is -2.18. The minimum atomic E-state index is 0.944. The predicted molar refractivity (Wildman–Crippen MR) is 72.7 cm³/mol. The molecule has 92 valence electrons. The van der Waals surface area contributed by atoms with E-state index in [0.29, 0.717) is 0 Å². The van der Waals surface area contributed by atoms with E-state index in [1.165, 1.54) is 5.69 Å². The van der Waals surface area contributed by atoms with Gasteiger partial charge in [0, 0.05) is 32.2 Å². The maximum Gasteiger partial charge on any atom is 0.106 e. The van der Waals surface area contributed by atoms with Crippen LogP contribution in [0.5, 0.6) is 0 Å². The van der Waals surface area contributed by atoms with E-state index in [4.69, 9.17) is 0 Å². The third-order valence-electron chi connectivity index (χ3n) is 2.99. The number of imidazole rings is 1. The van der Waals surface area contributed by atoms with Crippen LogP contribution in [0.1, 0.15) is 12.7 Å². The molecule has 0 radical (unpaired) electrons. The number of benzene rings is 1. The summed E-state index contributed by atoms with van der Waals surface area (Å²) in [6.07, 6.45) is 0.944. The van der Waals surface area contributed by atoms with Gasteiger partial charge in [-0.1, -0.05) is 6.92 Å². The Kier molecular flexibility index (Phi) is 3.64. The number of nitrogens with one attached hydrogen (secondary N) is 2. The zero-order valence-electron chi connectivity index (χ0n) is 10.7. The Morgan fingerprint density at radius 2 is 2.24 bits per heavy atom. The van der Waals surface area contributed by atoms with Crippen molar-refractivity contribution in [3.05, 3.63) is 24.0 Å². The molecule has 0 amide bonds. The van der Waals surface area contributed by atoms with Crippen molar-refractivity contribution < 1.29 is 0 Å². The summed E-state index contributed by atoms with van der Waals surface area (Å²) in [4.78, 5) is 10.1.